The summed E-state index contributed by atoms with van der Waals surface area (Å²) in [6, 6.07) is 0. The molecule has 0 aliphatic heterocycles. The molecule has 5 N–H and O–H groups in total. The number of carbonyl (C=O) groups is 3. The molecule has 0 aromatic carbocycles. The average molecular weight is 230 g/mol. The van der Waals surface area contributed by atoms with E-state index in [0.29, 0.717) is 12.8 Å². The zero-order chi connectivity index (χ0) is 12.3. The second-order valence-corrected chi connectivity index (χ2v) is 3.89. The predicted octanol–water partition coefficient (Wildman–Crippen LogP) is -0.678. The van der Waals surface area contributed by atoms with Crippen molar-refractivity contribution in [3.8, 4) is 0 Å². The van der Waals surface area contributed by atoms with E-state index in [-0.39, 0.29) is 12.8 Å². The molecule has 1 fully saturated rings. The monoisotopic (exact) mass is 230 g/mol. The molecule has 0 aromatic heterocycles. The number of nitrogens with two attached hydrogens (primary N) is 1. The molecule has 1 aliphatic rings. The molecule has 0 saturated heterocycles. The molecule has 7 heteroatoms. The average Bonchev–Trinajstić information content (AvgIpc) is 2.27. The molecule has 0 bridgehead atoms. The van der Waals surface area contributed by atoms with Gasteiger partial charge in [0.15, 0.2) is 5.41 Å². The van der Waals surface area contributed by atoms with Gasteiger partial charge in [0.1, 0.15) is 0 Å². The lowest BCUT2D eigenvalue weighted by Crippen LogP contribution is -2.56. The molecule has 0 spiro atoms. The maximum Gasteiger partial charge on any atom is 0.320 e. The van der Waals surface area contributed by atoms with Gasteiger partial charge < -0.3 is 10.2 Å². The summed E-state index contributed by atoms with van der Waals surface area (Å²) in [5, 5.41) is 18.1. The van der Waals surface area contributed by atoms with Gasteiger partial charge in [0, 0.05) is 0 Å². The standard InChI is InChI=1S/C9H14N2O5/c10-11-7(14)9(8(15)16)4-2-1-3-5(9)6(12)13/h5H,1-4,10H2,(H,11,14)(H,12,13)(H,15,16). The normalized spacial score (nSPS) is 29.4. The summed E-state index contributed by atoms with van der Waals surface area (Å²) in [6.07, 6.45) is 1.28. The van der Waals surface area contributed by atoms with Crippen molar-refractivity contribution in [3.63, 3.8) is 0 Å². The Balaban J connectivity index is 3.18. The van der Waals surface area contributed by atoms with Gasteiger partial charge in [-0.15, -0.1) is 0 Å². The van der Waals surface area contributed by atoms with Gasteiger partial charge >= 0.3 is 11.9 Å². The lowest BCUT2D eigenvalue weighted by atomic mass is 9.65. The molecule has 1 rings (SSSR count). The minimum atomic E-state index is -1.93. The number of carboxylic acids is 2. The smallest absolute Gasteiger partial charge is 0.320 e. The van der Waals surface area contributed by atoms with Crippen LogP contribution < -0.4 is 11.3 Å². The number of rotatable bonds is 3. The van der Waals surface area contributed by atoms with Crippen molar-refractivity contribution >= 4 is 17.8 Å². The fourth-order valence-electron chi connectivity index (χ4n) is 2.26. The summed E-state index contributed by atoms with van der Waals surface area (Å²) in [7, 11) is 0. The van der Waals surface area contributed by atoms with Gasteiger partial charge in [-0.25, -0.2) is 5.84 Å². The summed E-state index contributed by atoms with van der Waals surface area (Å²) >= 11 is 0. The SMILES string of the molecule is NNC(=O)C1(C(=O)O)CCCCC1C(=O)O. The summed E-state index contributed by atoms with van der Waals surface area (Å²) < 4.78 is 0. The topological polar surface area (TPSA) is 130 Å². The molecule has 2 unspecified atom stereocenters. The van der Waals surface area contributed by atoms with E-state index >= 15 is 0 Å². The lowest BCUT2D eigenvalue weighted by molar-refractivity contribution is -0.171. The van der Waals surface area contributed by atoms with Crippen LogP contribution in [0.5, 0.6) is 0 Å². The summed E-state index contributed by atoms with van der Waals surface area (Å²) in [5.74, 6) is 0.0738. The first-order chi connectivity index (χ1) is 7.46. The number of carbonyl (C=O) groups excluding carboxylic acids is 1. The van der Waals surface area contributed by atoms with Crippen molar-refractivity contribution in [2.45, 2.75) is 25.7 Å². The Morgan fingerprint density at radius 1 is 1.25 bits per heavy atom. The first kappa shape index (κ1) is 12.4. The highest BCUT2D eigenvalue weighted by Gasteiger charge is 2.56. The van der Waals surface area contributed by atoms with Crippen molar-refractivity contribution in [2.75, 3.05) is 0 Å². The summed E-state index contributed by atoms with van der Waals surface area (Å²) in [5.41, 5.74) is -0.173. The summed E-state index contributed by atoms with van der Waals surface area (Å²) in [4.78, 5) is 33.8. The van der Waals surface area contributed by atoms with Crippen molar-refractivity contribution < 1.29 is 24.6 Å². The number of hydrogen-bond donors (Lipinski definition) is 4. The number of amides is 1. The number of nitrogens with one attached hydrogen (secondary N) is 1. The second kappa shape index (κ2) is 4.48. The molecule has 1 saturated carbocycles. The molecular formula is C9H14N2O5. The van der Waals surface area contributed by atoms with E-state index in [4.69, 9.17) is 16.1 Å². The molecule has 7 nitrogen and oxygen atoms in total. The molecular weight excluding hydrogens is 216 g/mol. The Morgan fingerprint density at radius 3 is 2.31 bits per heavy atom. The maximum atomic E-state index is 11.6. The first-order valence-corrected chi connectivity index (χ1v) is 4.94. The van der Waals surface area contributed by atoms with E-state index in [1.165, 1.54) is 0 Å². The summed E-state index contributed by atoms with van der Waals surface area (Å²) in [6.45, 7) is 0. The largest absolute Gasteiger partial charge is 0.481 e. The fourth-order valence-corrected chi connectivity index (χ4v) is 2.26. The quantitative estimate of drug-likeness (QED) is 0.220. The number of carboxylic acid groups (broad SMARTS) is 2. The number of aliphatic carboxylic acids is 2. The van der Waals surface area contributed by atoms with Gasteiger partial charge in [-0.1, -0.05) is 12.8 Å². The Bertz CT molecular complexity index is 330. The zero-order valence-corrected chi connectivity index (χ0v) is 8.60. The Morgan fingerprint density at radius 2 is 1.88 bits per heavy atom. The Kier molecular flexibility index (Phi) is 3.48. The lowest BCUT2D eigenvalue weighted by Gasteiger charge is -2.36. The van der Waals surface area contributed by atoms with Crippen molar-refractivity contribution in [2.24, 2.45) is 17.2 Å². The molecule has 0 heterocycles. The van der Waals surface area contributed by atoms with Crippen LogP contribution in [0.4, 0.5) is 0 Å². The van der Waals surface area contributed by atoms with Crippen LogP contribution in [0.15, 0.2) is 0 Å². The Hall–Kier alpha value is -1.63. The van der Waals surface area contributed by atoms with Crippen LogP contribution in [0.2, 0.25) is 0 Å². The van der Waals surface area contributed by atoms with Gasteiger partial charge in [0.25, 0.3) is 5.91 Å². The van der Waals surface area contributed by atoms with E-state index < -0.39 is 29.2 Å². The molecule has 1 aliphatic carbocycles. The van der Waals surface area contributed by atoms with Gasteiger partial charge in [-0.05, 0) is 12.8 Å². The third kappa shape index (κ3) is 1.73. The first-order valence-electron chi connectivity index (χ1n) is 4.94. The predicted molar refractivity (Wildman–Crippen MR) is 52.0 cm³/mol. The number of hydrogen-bond acceptors (Lipinski definition) is 4. The van der Waals surface area contributed by atoms with E-state index in [2.05, 4.69) is 0 Å². The van der Waals surface area contributed by atoms with E-state index in [9.17, 15) is 14.4 Å². The van der Waals surface area contributed by atoms with Crippen LogP contribution in [0, 0.1) is 11.3 Å². The molecule has 0 aromatic rings. The second-order valence-electron chi connectivity index (χ2n) is 3.89. The molecule has 90 valence electrons. The van der Waals surface area contributed by atoms with Crippen LogP contribution in [0.3, 0.4) is 0 Å². The maximum absolute atomic E-state index is 11.6. The van der Waals surface area contributed by atoms with Crippen molar-refractivity contribution in [1.82, 2.24) is 5.43 Å². The fraction of sp³-hybridized carbons (Fsp3) is 0.667. The van der Waals surface area contributed by atoms with E-state index in [1.54, 1.807) is 5.43 Å². The third-order valence-corrected chi connectivity index (χ3v) is 3.12. The zero-order valence-electron chi connectivity index (χ0n) is 8.60. The van der Waals surface area contributed by atoms with Crippen LogP contribution in [-0.4, -0.2) is 28.1 Å². The van der Waals surface area contributed by atoms with Crippen LogP contribution in [0.1, 0.15) is 25.7 Å². The third-order valence-electron chi connectivity index (χ3n) is 3.12. The van der Waals surface area contributed by atoms with Crippen LogP contribution >= 0.6 is 0 Å². The van der Waals surface area contributed by atoms with Crippen LogP contribution in [-0.2, 0) is 14.4 Å². The van der Waals surface area contributed by atoms with Gasteiger partial charge in [0.2, 0.25) is 0 Å². The molecule has 0 radical (unpaired) electrons. The highest BCUT2D eigenvalue weighted by molar-refractivity contribution is 6.05. The minimum Gasteiger partial charge on any atom is -0.481 e. The van der Waals surface area contributed by atoms with E-state index in [0.717, 1.165) is 0 Å². The van der Waals surface area contributed by atoms with Crippen molar-refractivity contribution in [1.29, 1.82) is 0 Å². The van der Waals surface area contributed by atoms with Gasteiger partial charge in [-0.2, -0.15) is 0 Å². The number of hydrazine groups is 1. The highest BCUT2D eigenvalue weighted by atomic mass is 16.4. The van der Waals surface area contributed by atoms with Crippen molar-refractivity contribution in [3.05, 3.63) is 0 Å². The minimum absolute atomic E-state index is 0.00231. The van der Waals surface area contributed by atoms with E-state index in [1.807, 2.05) is 0 Å². The molecule has 16 heavy (non-hydrogen) atoms. The molecule has 1 amide bonds. The van der Waals surface area contributed by atoms with Crippen LogP contribution in [0.25, 0.3) is 0 Å². The molecule has 2 atom stereocenters. The van der Waals surface area contributed by atoms with Gasteiger partial charge in [0.05, 0.1) is 5.92 Å². The van der Waals surface area contributed by atoms with Gasteiger partial charge in [-0.3, -0.25) is 19.8 Å². The highest BCUT2D eigenvalue weighted by Crippen LogP contribution is 2.42. The Labute approximate surface area is 91.6 Å².